The van der Waals surface area contributed by atoms with Gasteiger partial charge in [0.15, 0.2) is 0 Å². The van der Waals surface area contributed by atoms with Crippen LogP contribution in [0.4, 0.5) is 5.00 Å². The molecular formula is C7H10N2OS. The Morgan fingerprint density at radius 2 is 2.27 bits per heavy atom. The van der Waals surface area contributed by atoms with Crippen molar-refractivity contribution >= 4 is 22.2 Å². The van der Waals surface area contributed by atoms with Gasteiger partial charge in [-0.15, -0.1) is 11.3 Å². The second-order valence-corrected chi connectivity index (χ2v) is 3.35. The van der Waals surface area contributed by atoms with E-state index in [0.717, 1.165) is 0 Å². The molecule has 0 saturated heterocycles. The minimum absolute atomic E-state index is 0.0382. The summed E-state index contributed by atoms with van der Waals surface area (Å²) in [4.78, 5) is 12.8. The third-order valence-corrected chi connectivity index (χ3v) is 2.08. The first-order valence-corrected chi connectivity index (χ1v) is 4.05. The zero-order valence-electron chi connectivity index (χ0n) is 6.50. The molecule has 0 aliphatic heterocycles. The van der Waals surface area contributed by atoms with Crippen LogP contribution in [0.2, 0.25) is 0 Å². The average Bonchev–Trinajstić information content (AvgIpc) is 2.33. The molecule has 0 radical (unpaired) electrons. The van der Waals surface area contributed by atoms with Gasteiger partial charge in [-0.2, -0.15) is 0 Å². The monoisotopic (exact) mass is 170 g/mol. The van der Waals surface area contributed by atoms with Crippen LogP contribution in [0, 0.1) is 0 Å². The minimum atomic E-state index is -0.0382. The molecule has 0 aliphatic carbocycles. The van der Waals surface area contributed by atoms with Gasteiger partial charge >= 0.3 is 0 Å². The quantitative estimate of drug-likeness (QED) is 0.684. The summed E-state index contributed by atoms with van der Waals surface area (Å²) < 4.78 is 0. The molecule has 2 N–H and O–H groups in total. The molecule has 0 fully saturated rings. The van der Waals surface area contributed by atoms with Crippen molar-refractivity contribution in [2.24, 2.45) is 0 Å². The first-order chi connectivity index (χ1) is 5.13. The Morgan fingerprint density at radius 1 is 1.64 bits per heavy atom. The number of carbonyl (C=O) groups is 1. The SMILES string of the molecule is CN(C)C(=O)c1ccsc1N. The fourth-order valence-corrected chi connectivity index (χ4v) is 1.37. The highest BCUT2D eigenvalue weighted by Gasteiger charge is 2.11. The van der Waals surface area contributed by atoms with E-state index in [2.05, 4.69) is 0 Å². The first kappa shape index (κ1) is 8.07. The summed E-state index contributed by atoms with van der Waals surface area (Å²) in [7, 11) is 3.42. The maximum atomic E-state index is 11.3. The summed E-state index contributed by atoms with van der Waals surface area (Å²) >= 11 is 1.38. The summed E-state index contributed by atoms with van der Waals surface area (Å²) in [5, 5.41) is 2.40. The largest absolute Gasteiger partial charge is 0.390 e. The lowest BCUT2D eigenvalue weighted by molar-refractivity contribution is 0.0829. The van der Waals surface area contributed by atoms with Crippen LogP contribution < -0.4 is 5.73 Å². The number of carbonyl (C=O) groups excluding carboxylic acids is 1. The van der Waals surface area contributed by atoms with E-state index in [9.17, 15) is 4.79 Å². The zero-order chi connectivity index (χ0) is 8.43. The molecule has 1 aromatic rings. The summed E-state index contributed by atoms with van der Waals surface area (Å²) in [6.45, 7) is 0. The topological polar surface area (TPSA) is 46.3 Å². The molecule has 0 atom stereocenters. The molecular weight excluding hydrogens is 160 g/mol. The molecule has 0 aliphatic rings. The zero-order valence-corrected chi connectivity index (χ0v) is 7.31. The predicted molar refractivity (Wildman–Crippen MR) is 46.7 cm³/mol. The lowest BCUT2D eigenvalue weighted by Gasteiger charge is -2.08. The first-order valence-electron chi connectivity index (χ1n) is 3.17. The van der Waals surface area contributed by atoms with Crippen LogP contribution in [0.15, 0.2) is 11.4 Å². The van der Waals surface area contributed by atoms with Crippen LogP contribution >= 0.6 is 11.3 Å². The van der Waals surface area contributed by atoms with Gasteiger partial charge in [-0.25, -0.2) is 0 Å². The van der Waals surface area contributed by atoms with Crippen molar-refractivity contribution in [3.63, 3.8) is 0 Å². The van der Waals surface area contributed by atoms with Crippen LogP contribution in [0.25, 0.3) is 0 Å². The van der Waals surface area contributed by atoms with E-state index in [1.807, 2.05) is 5.38 Å². The van der Waals surface area contributed by atoms with Gasteiger partial charge in [0.05, 0.1) is 10.6 Å². The number of nitrogen functional groups attached to an aromatic ring is 1. The third-order valence-electron chi connectivity index (χ3n) is 1.33. The van der Waals surface area contributed by atoms with Gasteiger partial charge < -0.3 is 10.6 Å². The average molecular weight is 170 g/mol. The third kappa shape index (κ3) is 1.51. The van der Waals surface area contributed by atoms with Crippen molar-refractivity contribution in [3.8, 4) is 0 Å². The fourth-order valence-electron chi connectivity index (χ4n) is 0.739. The number of nitrogens with zero attached hydrogens (tertiary/aromatic N) is 1. The lowest BCUT2D eigenvalue weighted by Crippen LogP contribution is -2.21. The van der Waals surface area contributed by atoms with E-state index in [0.29, 0.717) is 10.6 Å². The maximum Gasteiger partial charge on any atom is 0.256 e. The molecule has 1 aromatic heterocycles. The summed E-state index contributed by atoms with van der Waals surface area (Å²) in [6.07, 6.45) is 0. The number of amides is 1. The van der Waals surface area contributed by atoms with E-state index < -0.39 is 0 Å². The van der Waals surface area contributed by atoms with E-state index >= 15 is 0 Å². The molecule has 0 bridgehead atoms. The second-order valence-electron chi connectivity index (χ2n) is 2.40. The molecule has 1 rings (SSSR count). The van der Waals surface area contributed by atoms with Gasteiger partial charge in [0.25, 0.3) is 5.91 Å². The Kier molecular flexibility index (Phi) is 2.14. The van der Waals surface area contributed by atoms with Gasteiger partial charge in [-0.05, 0) is 11.4 Å². The number of rotatable bonds is 1. The molecule has 0 spiro atoms. The Bertz CT molecular complexity index is 267. The molecule has 0 aromatic carbocycles. The van der Waals surface area contributed by atoms with Gasteiger partial charge in [-0.1, -0.05) is 0 Å². The van der Waals surface area contributed by atoms with Crippen molar-refractivity contribution in [3.05, 3.63) is 17.0 Å². The number of hydrogen-bond acceptors (Lipinski definition) is 3. The van der Waals surface area contributed by atoms with Crippen molar-refractivity contribution in [2.45, 2.75) is 0 Å². The standard InChI is InChI=1S/C7H10N2OS/c1-9(2)7(10)5-3-4-11-6(5)8/h3-4H,8H2,1-2H3. The highest BCUT2D eigenvalue weighted by Crippen LogP contribution is 2.19. The normalized spacial score (nSPS) is 9.64. The van der Waals surface area contributed by atoms with E-state index in [-0.39, 0.29) is 5.91 Å². The van der Waals surface area contributed by atoms with Crippen LogP contribution in [-0.4, -0.2) is 24.9 Å². The molecule has 3 nitrogen and oxygen atoms in total. The Hall–Kier alpha value is -1.03. The summed E-state index contributed by atoms with van der Waals surface area (Å²) in [5.74, 6) is -0.0382. The summed E-state index contributed by atoms with van der Waals surface area (Å²) in [5.41, 5.74) is 6.15. The molecule has 1 heterocycles. The van der Waals surface area contributed by atoms with Gasteiger partial charge in [-0.3, -0.25) is 4.79 Å². The highest BCUT2D eigenvalue weighted by atomic mass is 32.1. The minimum Gasteiger partial charge on any atom is -0.390 e. The Labute approximate surface area is 69.4 Å². The molecule has 1 amide bonds. The molecule has 0 saturated carbocycles. The van der Waals surface area contributed by atoms with Crippen LogP contribution in [0.1, 0.15) is 10.4 Å². The molecule has 4 heteroatoms. The van der Waals surface area contributed by atoms with Crippen LogP contribution in [-0.2, 0) is 0 Å². The molecule has 11 heavy (non-hydrogen) atoms. The summed E-state index contributed by atoms with van der Waals surface area (Å²) in [6, 6.07) is 1.74. The Balaban J connectivity index is 2.93. The second kappa shape index (κ2) is 2.92. The van der Waals surface area contributed by atoms with Crippen LogP contribution in [0.5, 0.6) is 0 Å². The van der Waals surface area contributed by atoms with Crippen molar-refractivity contribution in [1.82, 2.24) is 4.90 Å². The van der Waals surface area contributed by atoms with Gasteiger partial charge in [0, 0.05) is 14.1 Å². The number of nitrogens with two attached hydrogens (primary N) is 1. The fraction of sp³-hybridized carbons (Fsp3) is 0.286. The van der Waals surface area contributed by atoms with Crippen molar-refractivity contribution < 1.29 is 4.79 Å². The molecule has 0 unspecified atom stereocenters. The number of hydrogen-bond donors (Lipinski definition) is 1. The molecule has 60 valence electrons. The van der Waals surface area contributed by atoms with E-state index in [1.54, 1.807) is 20.2 Å². The highest BCUT2D eigenvalue weighted by molar-refractivity contribution is 7.14. The Morgan fingerprint density at radius 3 is 2.64 bits per heavy atom. The van der Waals surface area contributed by atoms with Crippen molar-refractivity contribution in [1.29, 1.82) is 0 Å². The smallest absolute Gasteiger partial charge is 0.256 e. The van der Waals surface area contributed by atoms with E-state index in [1.165, 1.54) is 16.2 Å². The van der Waals surface area contributed by atoms with Gasteiger partial charge in [0.1, 0.15) is 0 Å². The van der Waals surface area contributed by atoms with E-state index in [4.69, 9.17) is 5.73 Å². The van der Waals surface area contributed by atoms with Gasteiger partial charge in [0.2, 0.25) is 0 Å². The van der Waals surface area contributed by atoms with Crippen molar-refractivity contribution in [2.75, 3.05) is 19.8 Å². The van der Waals surface area contributed by atoms with Crippen LogP contribution in [0.3, 0.4) is 0 Å². The maximum absolute atomic E-state index is 11.3. The lowest BCUT2D eigenvalue weighted by atomic mass is 10.3. The number of thiophene rings is 1. The predicted octanol–water partition coefficient (Wildman–Crippen LogP) is 1.03. The number of anilines is 1.